The van der Waals surface area contributed by atoms with Crippen molar-refractivity contribution in [2.45, 2.75) is 39.2 Å². The van der Waals surface area contributed by atoms with E-state index in [1.807, 2.05) is 48.7 Å². The second kappa shape index (κ2) is 9.76. The van der Waals surface area contributed by atoms with Crippen LogP contribution in [0.4, 0.5) is 11.4 Å². The molecule has 0 saturated carbocycles. The number of aromatic nitrogens is 1. The van der Waals surface area contributed by atoms with Crippen LogP contribution in [0.25, 0.3) is 0 Å². The lowest BCUT2D eigenvalue weighted by Gasteiger charge is -2.28. The monoisotopic (exact) mass is 421 g/mol. The average molecular weight is 422 g/mol. The highest BCUT2D eigenvalue weighted by Crippen LogP contribution is 2.22. The third kappa shape index (κ3) is 5.60. The molecule has 1 fully saturated rings. The molecule has 4 rings (SSSR count). The first-order valence-corrected chi connectivity index (χ1v) is 11.3. The zero-order valence-corrected chi connectivity index (χ0v) is 18.1. The highest BCUT2D eigenvalue weighted by Gasteiger charge is 2.12. The van der Waals surface area contributed by atoms with Crippen LogP contribution in [0.15, 0.2) is 53.9 Å². The molecule has 1 amide bonds. The molecule has 3 aromatic rings. The number of rotatable bonds is 7. The van der Waals surface area contributed by atoms with Gasteiger partial charge in [0.15, 0.2) is 0 Å². The van der Waals surface area contributed by atoms with E-state index in [4.69, 9.17) is 4.74 Å². The Bertz CT molecular complexity index is 961. The minimum absolute atomic E-state index is 0.0583. The van der Waals surface area contributed by atoms with Gasteiger partial charge >= 0.3 is 0 Å². The van der Waals surface area contributed by atoms with E-state index in [-0.39, 0.29) is 12.3 Å². The Hall–Kier alpha value is -2.86. The number of piperidine rings is 1. The summed E-state index contributed by atoms with van der Waals surface area (Å²) >= 11 is 1.52. The molecule has 0 aliphatic carbocycles. The lowest BCUT2D eigenvalue weighted by molar-refractivity contribution is -0.115. The van der Waals surface area contributed by atoms with Gasteiger partial charge in [-0.3, -0.25) is 4.79 Å². The number of carbonyl (C=O) groups is 1. The fourth-order valence-corrected chi connectivity index (χ4v) is 4.26. The van der Waals surface area contributed by atoms with E-state index in [0.717, 1.165) is 35.2 Å². The van der Waals surface area contributed by atoms with Gasteiger partial charge in [-0.2, -0.15) is 0 Å². The third-order valence-electron chi connectivity index (χ3n) is 5.20. The summed E-state index contributed by atoms with van der Waals surface area (Å²) in [6.07, 6.45) is 4.09. The number of amides is 1. The van der Waals surface area contributed by atoms with E-state index >= 15 is 0 Å². The lowest BCUT2D eigenvalue weighted by Crippen LogP contribution is -2.29. The summed E-state index contributed by atoms with van der Waals surface area (Å²) in [5.74, 6) is 0.764. The van der Waals surface area contributed by atoms with Gasteiger partial charge in [-0.25, -0.2) is 4.98 Å². The zero-order chi connectivity index (χ0) is 20.8. The number of hydrogen-bond donors (Lipinski definition) is 1. The maximum absolute atomic E-state index is 12.4. The molecule has 2 aromatic carbocycles. The van der Waals surface area contributed by atoms with Gasteiger partial charge in [-0.15, -0.1) is 11.3 Å². The number of benzene rings is 2. The van der Waals surface area contributed by atoms with Gasteiger partial charge in [-0.1, -0.05) is 17.7 Å². The Kier molecular flexibility index (Phi) is 6.64. The second-order valence-electron chi connectivity index (χ2n) is 7.65. The fraction of sp³-hybridized carbons (Fsp3) is 0.333. The van der Waals surface area contributed by atoms with Gasteiger partial charge in [0.2, 0.25) is 5.91 Å². The van der Waals surface area contributed by atoms with Crippen molar-refractivity contribution in [3.05, 3.63) is 70.2 Å². The number of thiazole rings is 1. The van der Waals surface area contributed by atoms with Crippen molar-refractivity contribution in [1.29, 1.82) is 0 Å². The largest absolute Gasteiger partial charge is 0.486 e. The number of ether oxygens (including phenoxy) is 1. The first-order chi connectivity index (χ1) is 14.7. The van der Waals surface area contributed by atoms with E-state index in [0.29, 0.717) is 6.61 Å². The number of nitrogens with one attached hydrogen (secondary N) is 1. The molecule has 1 aliphatic heterocycles. The number of carbonyl (C=O) groups excluding carboxylic acids is 1. The van der Waals surface area contributed by atoms with Crippen LogP contribution in [0.3, 0.4) is 0 Å². The molecule has 0 atom stereocenters. The van der Waals surface area contributed by atoms with Crippen molar-refractivity contribution < 1.29 is 9.53 Å². The van der Waals surface area contributed by atoms with E-state index in [1.54, 1.807) is 0 Å². The molecule has 0 spiro atoms. The molecule has 0 radical (unpaired) electrons. The summed E-state index contributed by atoms with van der Waals surface area (Å²) in [4.78, 5) is 19.3. The summed E-state index contributed by atoms with van der Waals surface area (Å²) < 4.78 is 5.77. The predicted octanol–water partition coefficient (Wildman–Crippen LogP) is 5.20. The molecule has 1 aromatic heterocycles. The van der Waals surface area contributed by atoms with Crippen LogP contribution < -0.4 is 15.0 Å². The Morgan fingerprint density at radius 3 is 2.53 bits per heavy atom. The predicted molar refractivity (Wildman–Crippen MR) is 122 cm³/mol. The number of nitrogens with zero attached hydrogens (tertiary/aromatic N) is 2. The van der Waals surface area contributed by atoms with E-state index in [2.05, 4.69) is 27.3 Å². The minimum Gasteiger partial charge on any atom is -0.486 e. The summed E-state index contributed by atoms with van der Waals surface area (Å²) in [7, 11) is 0. The maximum atomic E-state index is 12.4. The van der Waals surface area contributed by atoms with Crippen molar-refractivity contribution in [1.82, 2.24) is 4.98 Å². The Labute approximate surface area is 181 Å². The zero-order valence-electron chi connectivity index (χ0n) is 17.3. The second-order valence-corrected chi connectivity index (χ2v) is 8.60. The molecule has 6 heteroatoms. The van der Waals surface area contributed by atoms with Crippen molar-refractivity contribution in [3.63, 3.8) is 0 Å². The smallest absolute Gasteiger partial charge is 0.230 e. The van der Waals surface area contributed by atoms with Crippen molar-refractivity contribution in [2.75, 3.05) is 23.3 Å². The molecule has 5 nitrogen and oxygen atoms in total. The Morgan fingerprint density at radius 1 is 1.07 bits per heavy atom. The average Bonchev–Trinajstić information content (AvgIpc) is 3.21. The Morgan fingerprint density at radius 2 is 1.80 bits per heavy atom. The van der Waals surface area contributed by atoms with Crippen molar-refractivity contribution in [3.8, 4) is 5.75 Å². The molecule has 0 bridgehead atoms. The molecule has 1 saturated heterocycles. The summed E-state index contributed by atoms with van der Waals surface area (Å²) in [6, 6.07) is 16.1. The van der Waals surface area contributed by atoms with Gasteiger partial charge in [0, 0.05) is 29.8 Å². The summed E-state index contributed by atoms with van der Waals surface area (Å²) in [6.45, 7) is 4.69. The van der Waals surface area contributed by atoms with Crippen LogP contribution in [0.2, 0.25) is 0 Å². The van der Waals surface area contributed by atoms with Gasteiger partial charge < -0.3 is 15.0 Å². The van der Waals surface area contributed by atoms with Crippen LogP contribution in [-0.4, -0.2) is 24.0 Å². The van der Waals surface area contributed by atoms with Crippen LogP contribution >= 0.6 is 11.3 Å². The van der Waals surface area contributed by atoms with E-state index in [9.17, 15) is 4.79 Å². The highest BCUT2D eigenvalue weighted by atomic mass is 32.1. The third-order valence-corrected chi connectivity index (χ3v) is 6.07. The first-order valence-electron chi connectivity index (χ1n) is 10.4. The van der Waals surface area contributed by atoms with Gasteiger partial charge in [0.1, 0.15) is 17.4 Å². The van der Waals surface area contributed by atoms with Crippen LogP contribution in [0, 0.1) is 6.92 Å². The standard InChI is InChI=1S/C24H27N3O2S/c1-18-5-11-22(12-6-18)29-16-24-26-20(17-30-24)15-23(28)25-19-7-9-21(10-8-19)27-13-3-2-4-14-27/h5-12,17H,2-4,13-16H2,1H3,(H,25,28). The minimum atomic E-state index is -0.0583. The fourth-order valence-electron chi connectivity index (χ4n) is 3.55. The lowest BCUT2D eigenvalue weighted by atomic mass is 10.1. The van der Waals surface area contributed by atoms with E-state index in [1.165, 1.54) is 41.9 Å². The molecule has 30 heavy (non-hydrogen) atoms. The van der Waals surface area contributed by atoms with Crippen LogP contribution in [0.5, 0.6) is 5.75 Å². The van der Waals surface area contributed by atoms with Gasteiger partial charge in [0.05, 0.1) is 12.1 Å². The van der Waals surface area contributed by atoms with Gasteiger partial charge in [-0.05, 0) is 62.6 Å². The molecule has 1 aliphatic rings. The van der Waals surface area contributed by atoms with Crippen molar-refractivity contribution >= 4 is 28.6 Å². The van der Waals surface area contributed by atoms with Crippen LogP contribution in [0.1, 0.15) is 35.5 Å². The van der Waals surface area contributed by atoms with Crippen molar-refractivity contribution in [2.24, 2.45) is 0 Å². The topological polar surface area (TPSA) is 54.5 Å². The number of hydrogen-bond acceptors (Lipinski definition) is 5. The molecule has 0 unspecified atom stereocenters. The quantitative estimate of drug-likeness (QED) is 0.570. The summed E-state index contributed by atoms with van der Waals surface area (Å²) in [5.41, 5.74) is 4.01. The number of aryl methyl sites for hydroxylation is 1. The summed E-state index contributed by atoms with van der Waals surface area (Å²) in [5, 5.41) is 5.76. The maximum Gasteiger partial charge on any atom is 0.230 e. The molecular weight excluding hydrogens is 394 g/mol. The molecular formula is C24H27N3O2S. The van der Waals surface area contributed by atoms with Gasteiger partial charge in [0.25, 0.3) is 0 Å². The Balaban J connectivity index is 1.26. The molecule has 1 N–H and O–H groups in total. The normalized spacial score (nSPS) is 13.8. The van der Waals surface area contributed by atoms with E-state index < -0.39 is 0 Å². The molecule has 156 valence electrons. The van der Waals surface area contributed by atoms with Crippen LogP contribution in [-0.2, 0) is 17.8 Å². The first kappa shape index (κ1) is 20.4. The SMILES string of the molecule is Cc1ccc(OCc2nc(CC(=O)Nc3ccc(N4CCCCC4)cc3)cs2)cc1. The number of anilines is 2. The highest BCUT2D eigenvalue weighted by molar-refractivity contribution is 7.09. The molecule has 2 heterocycles.